The minimum absolute atomic E-state index is 0.311. The molecule has 0 amide bonds. The van der Waals surface area contributed by atoms with Crippen LogP contribution in [0.3, 0.4) is 0 Å². The van der Waals surface area contributed by atoms with Gasteiger partial charge in [0.15, 0.2) is 0 Å². The molecule has 17 heavy (non-hydrogen) atoms. The van der Waals surface area contributed by atoms with Gasteiger partial charge in [-0.1, -0.05) is 28.4 Å². The molecule has 0 N–H and O–H groups in total. The molecule has 1 aliphatic rings. The highest BCUT2D eigenvalue weighted by atomic mass is 32.3. The normalized spacial score (nSPS) is 21.6. The van der Waals surface area contributed by atoms with E-state index in [4.69, 9.17) is 0 Å². The summed E-state index contributed by atoms with van der Waals surface area (Å²) < 4.78 is 28.1. The molecule has 0 unspecified atom stereocenters. The summed E-state index contributed by atoms with van der Waals surface area (Å²) in [5, 5.41) is 0.852. The minimum atomic E-state index is -3.45. The van der Waals surface area contributed by atoms with E-state index in [1.165, 1.54) is 0 Å². The van der Waals surface area contributed by atoms with Gasteiger partial charge in [-0.15, -0.1) is 15.5 Å². The average Bonchev–Trinajstić information content (AvgIpc) is 2.30. The smallest absolute Gasteiger partial charge is 0.199 e. The highest BCUT2D eigenvalue weighted by Gasteiger charge is 2.15. The molecular formula is C11H15NO2S3. The number of sulfonamides is 1. The first-order valence-electron chi connectivity index (χ1n) is 5.38. The number of benzene rings is 1. The van der Waals surface area contributed by atoms with Crippen molar-refractivity contribution in [1.82, 2.24) is 0 Å². The molecule has 1 aromatic carbocycles. The van der Waals surface area contributed by atoms with Gasteiger partial charge in [-0.25, -0.2) is 0 Å². The van der Waals surface area contributed by atoms with Crippen LogP contribution >= 0.6 is 11.8 Å². The van der Waals surface area contributed by atoms with Crippen molar-refractivity contribution in [3.05, 3.63) is 29.8 Å². The summed E-state index contributed by atoms with van der Waals surface area (Å²) in [5.74, 6) is 2.04. The molecule has 3 nitrogen and oxygen atoms in total. The van der Waals surface area contributed by atoms with Crippen LogP contribution in [0.4, 0.5) is 0 Å². The predicted molar refractivity (Wildman–Crippen MR) is 75.0 cm³/mol. The van der Waals surface area contributed by atoms with Crippen LogP contribution < -0.4 is 0 Å². The van der Waals surface area contributed by atoms with Crippen molar-refractivity contribution in [3.63, 3.8) is 0 Å². The summed E-state index contributed by atoms with van der Waals surface area (Å²) in [6.45, 7) is 1.94. The number of thioether (sulfide) groups is 1. The molecule has 6 heteroatoms. The Kier molecular flexibility index (Phi) is 4.27. The van der Waals surface area contributed by atoms with Crippen LogP contribution in [0.25, 0.3) is 0 Å². The van der Waals surface area contributed by atoms with Crippen molar-refractivity contribution in [3.8, 4) is 0 Å². The van der Waals surface area contributed by atoms with E-state index in [-0.39, 0.29) is 10.7 Å². The Morgan fingerprint density at radius 3 is 2.59 bits per heavy atom. The monoisotopic (exact) mass is 289 g/mol. The molecule has 0 bridgehead atoms. The van der Waals surface area contributed by atoms with Gasteiger partial charge >= 0.3 is 0 Å². The van der Waals surface area contributed by atoms with E-state index in [0.717, 1.165) is 28.6 Å². The van der Waals surface area contributed by atoms with E-state index >= 15 is 0 Å². The maximum absolute atomic E-state index is 12.0. The fraction of sp³-hybridized carbons (Fsp3) is 0.455. The second-order valence-corrected chi connectivity index (χ2v) is 9.02. The van der Waals surface area contributed by atoms with Crippen LogP contribution in [0.1, 0.15) is 12.0 Å². The number of rotatable bonds is 2. The third kappa shape index (κ3) is 3.56. The highest BCUT2D eigenvalue weighted by molar-refractivity contribution is 8.13. The van der Waals surface area contributed by atoms with E-state index in [2.05, 4.69) is 3.77 Å². The highest BCUT2D eigenvalue weighted by Crippen LogP contribution is 2.19. The second-order valence-electron chi connectivity index (χ2n) is 3.91. The molecule has 0 saturated carbocycles. The molecule has 2 rings (SSSR count). The third-order valence-corrected chi connectivity index (χ3v) is 8.00. The summed E-state index contributed by atoms with van der Waals surface area (Å²) in [6.07, 6.45) is 1.07. The van der Waals surface area contributed by atoms with Gasteiger partial charge in [-0.05, 0) is 31.2 Å². The summed E-state index contributed by atoms with van der Waals surface area (Å²) in [4.78, 5) is 0.311. The molecular weight excluding hydrogens is 274 g/mol. The molecule has 1 atom stereocenters. The van der Waals surface area contributed by atoms with Crippen molar-refractivity contribution in [2.45, 2.75) is 18.2 Å². The zero-order valence-corrected chi connectivity index (χ0v) is 12.1. The molecule has 0 radical (unpaired) electrons. The molecule has 1 aliphatic heterocycles. The SMILES string of the molecule is Cc1ccc(S(=O)(=O)N=[S@@]2CCCSC2)cc1. The molecule has 0 spiro atoms. The van der Waals surface area contributed by atoms with Crippen LogP contribution in [0.2, 0.25) is 0 Å². The fourth-order valence-corrected chi connectivity index (χ4v) is 7.01. The van der Waals surface area contributed by atoms with E-state index in [1.54, 1.807) is 36.0 Å². The lowest BCUT2D eigenvalue weighted by molar-refractivity contribution is 0.598. The molecule has 1 aromatic rings. The zero-order chi connectivity index (χ0) is 12.3. The molecule has 1 saturated heterocycles. The Morgan fingerprint density at radius 1 is 1.29 bits per heavy atom. The van der Waals surface area contributed by atoms with Crippen molar-refractivity contribution in [2.75, 3.05) is 16.6 Å². The maximum atomic E-state index is 12.0. The average molecular weight is 289 g/mol. The maximum Gasteiger partial charge on any atom is 0.287 e. The number of nitrogens with zero attached hydrogens (tertiary/aromatic N) is 1. The third-order valence-electron chi connectivity index (χ3n) is 2.41. The second kappa shape index (κ2) is 5.54. The Hall–Kier alpha value is -0.330. The largest absolute Gasteiger partial charge is 0.287 e. The summed E-state index contributed by atoms with van der Waals surface area (Å²) in [6, 6.07) is 6.88. The first-order valence-corrected chi connectivity index (χ1v) is 9.49. The lowest BCUT2D eigenvalue weighted by atomic mass is 10.2. The van der Waals surface area contributed by atoms with Gasteiger partial charge in [0.25, 0.3) is 10.0 Å². The summed E-state index contributed by atoms with van der Waals surface area (Å²) >= 11 is 1.80. The Bertz CT molecular complexity index is 512. The number of aryl methyl sites for hydroxylation is 1. The van der Waals surface area contributed by atoms with Gasteiger partial charge in [-0.2, -0.15) is 8.42 Å². The van der Waals surface area contributed by atoms with Crippen molar-refractivity contribution < 1.29 is 8.42 Å². The van der Waals surface area contributed by atoms with Crippen molar-refractivity contribution in [1.29, 1.82) is 0 Å². The molecule has 0 aliphatic carbocycles. The molecule has 94 valence electrons. The Morgan fingerprint density at radius 2 is 2.00 bits per heavy atom. The summed E-state index contributed by atoms with van der Waals surface area (Å²) in [7, 11) is -3.77. The standard InChI is InChI=1S/C11H15NO2S3/c1-10-3-5-11(6-4-10)17(13,14)12-16-8-2-7-15-9-16/h3-6H,2,7-9H2,1H3/t16-/m1/s1. The van der Waals surface area contributed by atoms with Gasteiger partial charge in [0.1, 0.15) is 0 Å². The zero-order valence-electron chi connectivity index (χ0n) is 9.63. The van der Waals surface area contributed by atoms with E-state index in [0.29, 0.717) is 4.90 Å². The molecule has 1 fully saturated rings. The van der Waals surface area contributed by atoms with Crippen LogP contribution in [0, 0.1) is 6.92 Å². The number of hydrogen-bond donors (Lipinski definition) is 0. The van der Waals surface area contributed by atoms with E-state index in [9.17, 15) is 8.42 Å². The lowest BCUT2D eigenvalue weighted by Gasteiger charge is -2.13. The predicted octanol–water partition coefficient (Wildman–Crippen LogP) is 2.58. The lowest BCUT2D eigenvalue weighted by Crippen LogP contribution is -2.10. The van der Waals surface area contributed by atoms with Gasteiger partial charge in [0.05, 0.1) is 9.98 Å². The quantitative estimate of drug-likeness (QED) is 0.840. The Labute approximate surface area is 109 Å². The molecule has 0 aromatic heterocycles. The van der Waals surface area contributed by atoms with Gasteiger partial charge < -0.3 is 0 Å². The van der Waals surface area contributed by atoms with Crippen molar-refractivity contribution in [2.24, 2.45) is 3.77 Å². The van der Waals surface area contributed by atoms with Crippen molar-refractivity contribution >= 4 is 32.5 Å². The van der Waals surface area contributed by atoms with Gasteiger partial charge in [0.2, 0.25) is 0 Å². The first kappa shape index (κ1) is 13.1. The fourth-order valence-electron chi connectivity index (χ4n) is 1.49. The first-order chi connectivity index (χ1) is 8.08. The van der Waals surface area contributed by atoms with Crippen LogP contribution in [0.15, 0.2) is 32.9 Å². The van der Waals surface area contributed by atoms with Crippen LogP contribution in [0.5, 0.6) is 0 Å². The van der Waals surface area contributed by atoms with E-state index < -0.39 is 10.0 Å². The van der Waals surface area contributed by atoms with Crippen LogP contribution in [-0.2, 0) is 20.7 Å². The van der Waals surface area contributed by atoms with E-state index in [1.807, 2.05) is 6.92 Å². The van der Waals surface area contributed by atoms with Gasteiger partial charge in [0, 0.05) is 5.75 Å². The minimum Gasteiger partial charge on any atom is -0.199 e. The topological polar surface area (TPSA) is 46.5 Å². The Balaban J connectivity index is 2.27. The van der Waals surface area contributed by atoms with Gasteiger partial charge in [-0.3, -0.25) is 0 Å². The molecule has 1 heterocycles. The van der Waals surface area contributed by atoms with Crippen LogP contribution in [-0.4, -0.2) is 25.0 Å². The summed E-state index contributed by atoms with van der Waals surface area (Å²) in [5.41, 5.74) is 1.06. The number of hydrogen-bond acceptors (Lipinski definition) is 3.